The molecule has 1 aliphatic carbocycles. The van der Waals surface area contributed by atoms with Crippen LogP contribution in [0.5, 0.6) is 5.75 Å². The zero-order valence-electron chi connectivity index (χ0n) is 7.96. The van der Waals surface area contributed by atoms with Crippen LogP contribution in [0.15, 0.2) is 18.2 Å². The number of halogens is 1. The summed E-state index contributed by atoms with van der Waals surface area (Å²) in [6.07, 6.45) is 3.49. The minimum Gasteiger partial charge on any atom is -0.506 e. The van der Waals surface area contributed by atoms with Crippen LogP contribution in [0.1, 0.15) is 24.8 Å². The van der Waals surface area contributed by atoms with Crippen LogP contribution < -0.4 is 5.73 Å². The van der Waals surface area contributed by atoms with Gasteiger partial charge in [-0.2, -0.15) is 0 Å². The Labute approximate surface area is 88.7 Å². The summed E-state index contributed by atoms with van der Waals surface area (Å²) in [4.78, 5) is 0. The Hall–Kier alpha value is -0.730. The molecule has 0 amide bonds. The van der Waals surface area contributed by atoms with Crippen LogP contribution in [-0.4, -0.2) is 11.7 Å². The number of hydrogen-bond donors (Lipinski definition) is 2. The molecule has 1 aromatic carbocycles. The van der Waals surface area contributed by atoms with E-state index in [-0.39, 0.29) is 11.2 Å². The lowest BCUT2D eigenvalue weighted by Crippen LogP contribution is -2.41. The molecule has 0 aliphatic heterocycles. The second-order valence-corrected chi connectivity index (χ2v) is 4.41. The van der Waals surface area contributed by atoms with E-state index in [0.717, 1.165) is 18.4 Å². The van der Waals surface area contributed by atoms with Crippen LogP contribution in [0.2, 0.25) is 5.02 Å². The SMILES string of the molecule is NCC1(c2ccc(O)c(Cl)c2)CCC1. The number of benzene rings is 1. The number of rotatable bonds is 2. The van der Waals surface area contributed by atoms with Gasteiger partial charge >= 0.3 is 0 Å². The van der Waals surface area contributed by atoms with Crippen molar-refractivity contribution in [2.24, 2.45) is 5.73 Å². The van der Waals surface area contributed by atoms with E-state index in [1.165, 1.54) is 6.42 Å². The number of nitrogens with two attached hydrogens (primary N) is 1. The first-order valence-electron chi connectivity index (χ1n) is 4.87. The quantitative estimate of drug-likeness (QED) is 0.789. The van der Waals surface area contributed by atoms with Gasteiger partial charge in [0.05, 0.1) is 5.02 Å². The Balaban J connectivity index is 2.36. The van der Waals surface area contributed by atoms with E-state index < -0.39 is 0 Å². The largest absolute Gasteiger partial charge is 0.506 e. The molecule has 0 heterocycles. The first kappa shape index (κ1) is 9.81. The number of phenolic OH excluding ortho intramolecular Hbond substituents is 1. The van der Waals surface area contributed by atoms with E-state index in [1.807, 2.05) is 12.1 Å². The summed E-state index contributed by atoms with van der Waals surface area (Å²) in [6, 6.07) is 5.41. The zero-order valence-corrected chi connectivity index (χ0v) is 8.72. The van der Waals surface area contributed by atoms with E-state index in [9.17, 15) is 5.11 Å². The van der Waals surface area contributed by atoms with Crippen molar-refractivity contribution in [3.05, 3.63) is 28.8 Å². The highest BCUT2D eigenvalue weighted by molar-refractivity contribution is 6.32. The van der Waals surface area contributed by atoms with Gasteiger partial charge in [-0.25, -0.2) is 0 Å². The van der Waals surface area contributed by atoms with Gasteiger partial charge in [-0.1, -0.05) is 24.1 Å². The van der Waals surface area contributed by atoms with E-state index in [2.05, 4.69) is 0 Å². The predicted molar refractivity (Wildman–Crippen MR) is 57.7 cm³/mol. The second-order valence-electron chi connectivity index (χ2n) is 4.00. The van der Waals surface area contributed by atoms with Gasteiger partial charge in [-0.15, -0.1) is 0 Å². The Morgan fingerprint density at radius 1 is 1.43 bits per heavy atom. The standard InChI is InChI=1S/C11H14ClNO/c12-9-6-8(2-3-10(9)14)11(7-13)4-1-5-11/h2-3,6,14H,1,4-5,7,13H2. The molecule has 0 bridgehead atoms. The van der Waals surface area contributed by atoms with Crippen LogP contribution in [0.4, 0.5) is 0 Å². The Bertz CT molecular complexity index is 342. The normalized spacial score (nSPS) is 19.0. The van der Waals surface area contributed by atoms with Crippen LogP contribution in [0.25, 0.3) is 0 Å². The van der Waals surface area contributed by atoms with E-state index >= 15 is 0 Å². The third-order valence-electron chi connectivity index (χ3n) is 3.26. The van der Waals surface area contributed by atoms with Crippen molar-refractivity contribution in [1.82, 2.24) is 0 Å². The summed E-state index contributed by atoms with van der Waals surface area (Å²) in [5.74, 6) is 0.141. The second kappa shape index (κ2) is 3.44. The van der Waals surface area contributed by atoms with Crippen LogP contribution in [-0.2, 0) is 5.41 Å². The average molecular weight is 212 g/mol. The summed E-state index contributed by atoms with van der Waals surface area (Å²) in [7, 11) is 0. The molecule has 3 N–H and O–H groups in total. The molecule has 1 aliphatic rings. The fourth-order valence-corrected chi connectivity index (χ4v) is 2.23. The lowest BCUT2D eigenvalue weighted by atomic mass is 9.64. The van der Waals surface area contributed by atoms with Crippen LogP contribution in [0, 0.1) is 0 Å². The molecule has 3 heteroatoms. The molecule has 1 aromatic rings. The Morgan fingerprint density at radius 3 is 2.57 bits per heavy atom. The van der Waals surface area contributed by atoms with Gasteiger partial charge in [0.2, 0.25) is 0 Å². The average Bonchev–Trinajstić information content (AvgIpc) is 2.10. The molecule has 76 valence electrons. The fourth-order valence-electron chi connectivity index (χ4n) is 2.05. The summed E-state index contributed by atoms with van der Waals surface area (Å²) < 4.78 is 0. The van der Waals surface area contributed by atoms with E-state index in [4.69, 9.17) is 17.3 Å². The fraction of sp³-hybridized carbons (Fsp3) is 0.455. The molecule has 1 saturated carbocycles. The molecule has 0 radical (unpaired) electrons. The molecular weight excluding hydrogens is 198 g/mol. The van der Waals surface area contributed by atoms with Crippen molar-refractivity contribution < 1.29 is 5.11 Å². The Kier molecular flexibility index (Phi) is 2.41. The molecular formula is C11H14ClNO. The summed E-state index contributed by atoms with van der Waals surface area (Å²) in [5.41, 5.74) is 7.07. The predicted octanol–water partition coefficient (Wildman–Crippen LogP) is 2.43. The van der Waals surface area contributed by atoms with Gasteiger partial charge in [0.1, 0.15) is 5.75 Å². The van der Waals surface area contributed by atoms with Crippen molar-refractivity contribution in [2.75, 3.05) is 6.54 Å². The maximum atomic E-state index is 9.31. The maximum Gasteiger partial charge on any atom is 0.134 e. The molecule has 2 rings (SSSR count). The summed E-state index contributed by atoms with van der Waals surface area (Å²) in [5, 5.41) is 9.73. The van der Waals surface area contributed by atoms with E-state index in [0.29, 0.717) is 11.6 Å². The van der Waals surface area contributed by atoms with Crippen molar-refractivity contribution in [1.29, 1.82) is 0 Å². The van der Waals surface area contributed by atoms with E-state index in [1.54, 1.807) is 6.07 Å². The first-order valence-corrected chi connectivity index (χ1v) is 5.25. The molecule has 0 atom stereocenters. The maximum absolute atomic E-state index is 9.31. The van der Waals surface area contributed by atoms with Crippen molar-refractivity contribution >= 4 is 11.6 Å². The Morgan fingerprint density at radius 2 is 2.14 bits per heavy atom. The molecule has 2 nitrogen and oxygen atoms in total. The highest BCUT2D eigenvalue weighted by Gasteiger charge is 2.37. The number of hydrogen-bond acceptors (Lipinski definition) is 2. The van der Waals surface area contributed by atoms with Crippen molar-refractivity contribution in [2.45, 2.75) is 24.7 Å². The van der Waals surface area contributed by atoms with Gasteiger partial charge in [0, 0.05) is 12.0 Å². The monoisotopic (exact) mass is 211 g/mol. The molecule has 1 fully saturated rings. The van der Waals surface area contributed by atoms with Gasteiger partial charge in [0.15, 0.2) is 0 Å². The van der Waals surface area contributed by atoms with Crippen LogP contribution >= 0.6 is 11.6 Å². The topological polar surface area (TPSA) is 46.2 Å². The van der Waals surface area contributed by atoms with Gasteiger partial charge < -0.3 is 10.8 Å². The molecule has 0 unspecified atom stereocenters. The first-order chi connectivity index (χ1) is 6.68. The molecule has 14 heavy (non-hydrogen) atoms. The highest BCUT2D eigenvalue weighted by atomic mass is 35.5. The minimum absolute atomic E-state index is 0.122. The van der Waals surface area contributed by atoms with Gasteiger partial charge in [0.25, 0.3) is 0 Å². The highest BCUT2D eigenvalue weighted by Crippen LogP contribution is 2.44. The number of phenols is 1. The van der Waals surface area contributed by atoms with Gasteiger partial charge in [-0.3, -0.25) is 0 Å². The molecule has 0 saturated heterocycles. The van der Waals surface area contributed by atoms with Crippen molar-refractivity contribution in [3.8, 4) is 5.75 Å². The third-order valence-corrected chi connectivity index (χ3v) is 3.56. The lowest BCUT2D eigenvalue weighted by molar-refractivity contribution is 0.253. The summed E-state index contributed by atoms with van der Waals surface area (Å²) in [6.45, 7) is 0.661. The zero-order chi connectivity index (χ0) is 10.2. The summed E-state index contributed by atoms with van der Waals surface area (Å²) >= 11 is 5.87. The lowest BCUT2D eigenvalue weighted by Gasteiger charge is -2.41. The van der Waals surface area contributed by atoms with Crippen LogP contribution in [0.3, 0.4) is 0 Å². The smallest absolute Gasteiger partial charge is 0.134 e. The van der Waals surface area contributed by atoms with Gasteiger partial charge in [-0.05, 0) is 30.5 Å². The molecule has 0 aromatic heterocycles. The van der Waals surface area contributed by atoms with Crippen molar-refractivity contribution in [3.63, 3.8) is 0 Å². The minimum atomic E-state index is 0.122. The molecule has 0 spiro atoms. The third kappa shape index (κ3) is 1.39. The number of aromatic hydroxyl groups is 1.